The van der Waals surface area contributed by atoms with Crippen molar-refractivity contribution in [3.05, 3.63) is 45.6 Å². The summed E-state index contributed by atoms with van der Waals surface area (Å²) in [4.78, 5) is 10.5. The molecule has 1 aromatic carbocycles. The molecular formula is C13H17NO3. The molecule has 0 N–H and O–H groups in total. The molecule has 0 fully saturated rings. The third kappa shape index (κ3) is 3.90. The fraction of sp³-hybridized carbons (Fsp3) is 0.385. The Morgan fingerprint density at radius 3 is 2.41 bits per heavy atom. The van der Waals surface area contributed by atoms with Gasteiger partial charge >= 0.3 is 0 Å². The molecule has 0 unspecified atom stereocenters. The average molecular weight is 235 g/mol. The van der Waals surface area contributed by atoms with Gasteiger partial charge in [0.2, 0.25) is 5.70 Å². The maximum absolute atomic E-state index is 10.8. The monoisotopic (exact) mass is 235 g/mol. The van der Waals surface area contributed by atoms with Crippen LogP contribution in [0.1, 0.15) is 26.3 Å². The normalized spacial score (nSPS) is 11.6. The summed E-state index contributed by atoms with van der Waals surface area (Å²) in [5.41, 5.74) is 1.03. The van der Waals surface area contributed by atoms with Crippen LogP contribution in [0.3, 0.4) is 0 Å². The molecule has 0 amide bonds. The minimum atomic E-state index is -0.332. The van der Waals surface area contributed by atoms with Gasteiger partial charge in [0.1, 0.15) is 5.75 Å². The predicted molar refractivity (Wildman–Crippen MR) is 67.4 cm³/mol. The molecule has 0 bridgehead atoms. The van der Waals surface area contributed by atoms with Crippen LogP contribution in [-0.2, 0) is 0 Å². The molecule has 17 heavy (non-hydrogen) atoms. The maximum Gasteiger partial charge on any atom is 0.249 e. The predicted octanol–water partition coefficient (Wildman–Crippen LogP) is 3.36. The summed E-state index contributed by atoms with van der Waals surface area (Å²) in [5, 5.41) is 10.8. The summed E-state index contributed by atoms with van der Waals surface area (Å²) in [6, 6.07) is 7.26. The summed E-state index contributed by atoms with van der Waals surface area (Å²) in [6.07, 6.45) is 1.60. The molecule has 0 heterocycles. The lowest BCUT2D eigenvalue weighted by molar-refractivity contribution is -0.431. The van der Waals surface area contributed by atoms with Crippen LogP contribution in [0.5, 0.6) is 5.75 Å². The van der Waals surface area contributed by atoms with Crippen LogP contribution in [0.4, 0.5) is 0 Å². The van der Waals surface area contributed by atoms with E-state index in [4.69, 9.17) is 4.74 Å². The van der Waals surface area contributed by atoms with Gasteiger partial charge in [0.05, 0.1) is 11.5 Å². The molecule has 0 aliphatic carbocycles. The van der Waals surface area contributed by atoms with E-state index >= 15 is 0 Å². The van der Waals surface area contributed by atoms with Crippen LogP contribution in [-0.4, -0.2) is 11.5 Å². The van der Waals surface area contributed by atoms with Crippen molar-refractivity contribution in [2.24, 2.45) is 5.92 Å². The van der Waals surface area contributed by atoms with E-state index in [-0.39, 0.29) is 16.5 Å². The number of allylic oxidation sites excluding steroid dienone is 1. The van der Waals surface area contributed by atoms with Crippen LogP contribution in [0.15, 0.2) is 30.0 Å². The molecule has 92 valence electrons. The molecule has 0 aliphatic heterocycles. The lowest BCUT2D eigenvalue weighted by Gasteiger charge is -2.04. The van der Waals surface area contributed by atoms with Crippen molar-refractivity contribution in [3.63, 3.8) is 0 Å². The van der Waals surface area contributed by atoms with E-state index in [2.05, 4.69) is 0 Å². The van der Waals surface area contributed by atoms with Crippen molar-refractivity contribution >= 4 is 6.08 Å². The first kappa shape index (κ1) is 13.2. The Balaban J connectivity index is 2.92. The van der Waals surface area contributed by atoms with Gasteiger partial charge < -0.3 is 4.74 Å². The van der Waals surface area contributed by atoms with Gasteiger partial charge in [-0.2, -0.15) is 0 Å². The van der Waals surface area contributed by atoms with Crippen molar-refractivity contribution in [1.29, 1.82) is 0 Å². The average Bonchev–Trinajstić information content (AvgIpc) is 2.27. The van der Waals surface area contributed by atoms with Gasteiger partial charge in [0, 0.05) is 12.0 Å². The van der Waals surface area contributed by atoms with Crippen LogP contribution in [0.25, 0.3) is 6.08 Å². The maximum atomic E-state index is 10.8. The Morgan fingerprint density at radius 1 is 1.41 bits per heavy atom. The molecule has 0 aromatic heterocycles. The first-order chi connectivity index (χ1) is 8.04. The summed E-state index contributed by atoms with van der Waals surface area (Å²) < 4.78 is 5.31. The lowest BCUT2D eigenvalue weighted by Crippen LogP contribution is -2.05. The van der Waals surface area contributed by atoms with Gasteiger partial charge in [-0.1, -0.05) is 26.0 Å². The molecule has 1 rings (SSSR count). The van der Waals surface area contributed by atoms with Gasteiger partial charge in [0.25, 0.3) is 0 Å². The SMILES string of the molecule is CCOc1ccc(/C=C(/C(C)C)[N+](=O)[O-])cc1. The van der Waals surface area contributed by atoms with E-state index in [9.17, 15) is 10.1 Å². The van der Waals surface area contributed by atoms with E-state index in [1.54, 1.807) is 6.08 Å². The highest BCUT2D eigenvalue weighted by Gasteiger charge is 2.15. The van der Waals surface area contributed by atoms with E-state index in [0.29, 0.717) is 6.61 Å². The first-order valence-electron chi connectivity index (χ1n) is 5.63. The Kier molecular flexibility index (Phi) is 4.69. The Morgan fingerprint density at radius 2 is 2.00 bits per heavy atom. The van der Waals surface area contributed by atoms with Gasteiger partial charge in [0.15, 0.2) is 0 Å². The molecule has 1 aromatic rings. The molecule has 4 heteroatoms. The highest BCUT2D eigenvalue weighted by Crippen LogP contribution is 2.18. The van der Waals surface area contributed by atoms with Crippen molar-refractivity contribution in [3.8, 4) is 5.75 Å². The standard InChI is InChI=1S/C13H17NO3/c1-4-17-12-7-5-11(6-8-12)9-13(10(2)3)14(15)16/h5-10H,4H2,1-3H3/b13-9-. The second-order valence-electron chi connectivity index (χ2n) is 3.98. The number of nitro groups is 1. The molecule has 0 saturated carbocycles. The Labute approximate surface area is 101 Å². The number of ether oxygens (including phenoxy) is 1. The van der Waals surface area contributed by atoms with Crippen LogP contribution < -0.4 is 4.74 Å². The topological polar surface area (TPSA) is 52.4 Å². The zero-order valence-corrected chi connectivity index (χ0v) is 10.3. The molecular weight excluding hydrogens is 218 g/mol. The van der Waals surface area contributed by atoms with E-state index < -0.39 is 0 Å². The molecule has 0 saturated heterocycles. The summed E-state index contributed by atoms with van der Waals surface area (Å²) in [5.74, 6) is 0.674. The second-order valence-corrected chi connectivity index (χ2v) is 3.98. The molecule has 0 spiro atoms. The van der Waals surface area contributed by atoms with Crippen LogP contribution in [0, 0.1) is 16.0 Å². The van der Waals surface area contributed by atoms with Crippen molar-refractivity contribution in [1.82, 2.24) is 0 Å². The van der Waals surface area contributed by atoms with Crippen LogP contribution >= 0.6 is 0 Å². The molecule has 4 nitrogen and oxygen atoms in total. The number of rotatable bonds is 5. The van der Waals surface area contributed by atoms with Gasteiger partial charge in [-0.15, -0.1) is 0 Å². The summed E-state index contributed by atoms with van der Waals surface area (Å²) in [6.45, 7) is 6.14. The number of nitrogens with zero attached hydrogens (tertiary/aromatic N) is 1. The smallest absolute Gasteiger partial charge is 0.249 e. The number of hydrogen-bond donors (Lipinski definition) is 0. The zero-order chi connectivity index (χ0) is 12.8. The second kappa shape index (κ2) is 6.03. The number of hydrogen-bond acceptors (Lipinski definition) is 3. The van der Waals surface area contributed by atoms with Crippen molar-refractivity contribution < 1.29 is 9.66 Å². The Hall–Kier alpha value is -1.84. The summed E-state index contributed by atoms with van der Waals surface area (Å²) >= 11 is 0. The molecule has 0 radical (unpaired) electrons. The third-order valence-corrected chi connectivity index (χ3v) is 2.31. The van der Waals surface area contributed by atoms with E-state index in [0.717, 1.165) is 11.3 Å². The Bertz CT molecular complexity index is 407. The third-order valence-electron chi connectivity index (χ3n) is 2.31. The number of benzene rings is 1. The minimum absolute atomic E-state index is 0.100. The molecule has 0 atom stereocenters. The quantitative estimate of drug-likeness (QED) is 0.580. The fourth-order valence-electron chi connectivity index (χ4n) is 1.43. The summed E-state index contributed by atoms with van der Waals surface area (Å²) in [7, 11) is 0. The van der Waals surface area contributed by atoms with Gasteiger partial charge in [-0.3, -0.25) is 10.1 Å². The van der Waals surface area contributed by atoms with E-state index in [1.165, 1.54) is 0 Å². The highest BCUT2D eigenvalue weighted by molar-refractivity contribution is 5.52. The van der Waals surface area contributed by atoms with Gasteiger partial charge in [-0.25, -0.2) is 0 Å². The zero-order valence-electron chi connectivity index (χ0n) is 10.3. The van der Waals surface area contributed by atoms with Crippen molar-refractivity contribution in [2.45, 2.75) is 20.8 Å². The first-order valence-corrected chi connectivity index (χ1v) is 5.63. The van der Waals surface area contributed by atoms with Gasteiger partial charge in [-0.05, 0) is 24.6 Å². The molecule has 0 aliphatic rings. The largest absolute Gasteiger partial charge is 0.494 e. The lowest BCUT2D eigenvalue weighted by atomic mass is 10.1. The fourth-order valence-corrected chi connectivity index (χ4v) is 1.43. The highest BCUT2D eigenvalue weighted by atomic mass is 16.6. The van der Waals surface area contributed by atoms with Crippen molar-refractivity contribution in [2.75, 3.05) is 6.61 Å². The van der Waals surface area contributed by atoms with Crippen LogP contribution in [0.2, 0.25) is 0 Å². The minimum Gasteiger partial charge on any atom is -0.494 e. The van der Waals surface area contributed by atoms with E-state index in [1.807, 2.05) is 45.0 Å².